The quantitative estimate of drug-likeness (QED) is 0.442. The Bertz CT molecular complexity index is 928. The monoisotopic (exact) mass is 407 g/mol. The number of aliphatic hydroxyl groups is 1. The first-order valence-corrected chi connectivity index (χ1v) is 12.3. The maximum Gasteiger partial charge on any atom is 0.200 e. The molecule has 3 rings (SSSR count). The smallest absolute Gasteiger partial charge is 0.200 e. The molecule has 0 unspecified atom stereocenters. The second kappa shape index (κ2) is 8.19. The zero-order valence-electron chi connectivity index (χ0n) is 15.7. The van der Waals surface area contributed by atoms with Crippen molar-refractivity contribution in [3.8, 4) is 0 Å². The molecule has 1 saturated heterocycles. The van der Waals surface area contributed by atoms with Gasteiger partial charge in [-0.15, -0.1) is 11.8 Å². The second-order valence-electron chi connectivity index (χ2n) is 7.05. The number of ketones is 2. The predicted molar refractivity (Wildman–Crippen MR) is 110 cm³/mol. The van der Waals surface area contributed by atoms with E-state index in [1.807, 2.05) is 6.26 Å². The van der Waals surface area contributed by atoms with Gasteiger partial charge in [0, 0.05) is 34.8 Å². The van der Waals surface area contributed by atoms with Gasteiger partial charge in [-0.25, -0.2) is 4.21 Å². The molecule has 0 amide bonds. The number of aliphatic hydroxyl groups excluding tert-OH is 1. The molecule has 0 radical (unpaired) electrons. The minimum Gasteiger partial charge on any atom is -0.511 e. The Kier molecular flexibility index (Phi) is 6.11. The molecule has 7 heteroatoms. The molecule has 2 aliphatic rings. The Morgan fingerprint density at radius 2 is 1.85 bits per heavy atom. The van der Waals surface area contributed by atoms with E-state index in [0.717, 1.165) is 24.2 Å². The average Bonchev–Trinajstić information content (AvgIpc) is 2.63. The van der Waals surface area contributed by atoms with Gasteiger partial charge in [0.1, 0.15) is 11.3 Å². The van der Waals surface area contributed by atoms with Crippen molar-refractivity contribution in [1.82, 2.24) is 0 Å². The van der Waals surface area contributed by atoms with Gasteiger partial charge in [-0.1, -0.05) is 6.42 Å². The molecule has 1 N–H and O–H groups in total. The highest BCUT2D eigenvalue weighted by molar-refractivity contribution is 7.98. The van der Waals surface area contributed by atoms with Crippen LogP contribution < -0.4 is 0 Å². The summed E-state index contributed by atoms with van der Waals surface area (Å²) in [7, 11) is -2.32. The van der Waals surface area contributed by atoms with Gasteiger partial charge in [0.05, 0.1) is 15.4 Å². The Hall–Kier alpha value is -1.60. The van der Waals surface area contributed by atoms with E-state index in [0.29, 0.717) is 41.2 Å². The molecule has 0 atom stereocenters. The summed E-state index contributed by atoms with van der Waals surface area (Å²) >= 11 is 1.50. The minimum absolute atomic E-state index is 0.103. The number of carbonyl (C=O) groups is 2. The maximum atomic E-state index is 13.1. The van der Waals surface area contributed by atoms with Crippen molar-refractivity contribution in [1.29, 1.82) is 0 Å². The molecule has 0 aromatic heterocycles. The van der Waals surface area contributed by atoms with Crippen molar-refractivity contribution >= 4 is 38.7 Å². The fraction of sp³-hybridized carbons (Fsp3) is 0.500. The molecule has 1 aromatic rings. The van der Waals surface area contributed by atoms with E-state index >= 15 is 0 Å². The fourth-order valence-corrected chi connectivity index (χ4v) is 6.53. The van der Waals surface area contributed by atoms with Crippen LogP contribution in [0.15, 0.2) is 32.7 Å². The van der Waals surface area contributed by atoms with Crippen molar-refractivity contribution in [2.24, 2.45) is 4.36 Å². The lowest BCUT2D eigenvalue weighted by atomic mass is 9.89. The molecule has 27 heavy (non-hydrogen) atoms. The molecule has 1 aliphatic heterocycles. The summed E-state index contributed by atoms with van der Waals surface area (Å²) in [6, 6.07) is 3.47. The fourth-order valence-electron chi connectivity index (χ4n) is 3.61. The molecular weight excluding hydrogens is 382 g/mol. The van der Waals surface area contributed by atoms with Crippen LogP contribution in [0.3, 0.4) is 0 Å². The van der Waals surface area contributed by atoms with Crippen molar-refractivity contribution in [3.05, 3.63) is 34.6 Å². The van der Waals surface area contributed by atoms with Gasteiger partial charge in [0.25, 0.3) is 0 Å². The zero-order valence-corrected chi connectivity index (χ0v) is 17.4. The highest BCUT2D eigenvalue weighted by atomic mass is 32.2. The Labute approximate surface area is 164 Å². The van der Waals surface area contributed by atoms with Crippen LogP contribution in [-0.4, -0.2) is 38.6 Å². The summed E-state index contributed by atoms with van der Waals surface area (Å²) in [4.78, 5) is 26.1. The Balaban J connectivity index is 2.11. The lowest BCUT2D eigenvalue weighted by molar-refractivity contribution is -0.116. The summed E-state index contributed by atoms with van der Waals surface area (Å²) in [6.45, 7) is 1.78. The number of hydrogen-bond donors (Lipinski definition) is 1. The van der Waals surface area contributed by atoms with E-state index in [2.05, 4.69) is 4.36 Å². The van der Waals surface area contributed by atoms with Gasteiger partial charge in [-0.2, -0.15) is 4.36 Å². The summed E-state index contributed by atoms with van der Waals surface area (Å²) in [5.74, 6) is 0.276. The number of nitrogens with zero attached hydrogens (tertiary/aromatic N) is 1. The molecule has 0 saturated carbocycles. The first-order valence-electron chi connectivity index (χ1n) is 9.26. The number of thioether (sulfide) groups is 1. The molecule has 5 nitrogen and oxygen atoms in total. The third-order valence-corrected chi connectivity index (χ3v) is 8.29. The standard InChI is InChI=1S/C20H25NO4S2/c1-13-14(20(24)18-15(22)7-6-8-16(18)23)9-10-17(26-2)19(13)21-27(25)11-4-3-5-12-27/h9-10,22H,3-8,11-12H2,1-2H3. The first kappa shape index (κ1) is 20.1. The topological polar surface area (TPSA) is 83.8 Å². The molecule has 1 aliphatic carbocycles. The summed E-state index contributed by atoms with van der Waals surface area (Å²) < 4.78 is 17.8. The predicted octanol–water partition coefficient (Wildman–Crippen LogP) is 4.75. The van der Waals surface area contributed by atoms with Crippen LogP contribution in [0.2, 0.25) is 0 Å². The lowest BCUT2D eigenvalue weighted by Gasteiger charge is -2.19. The maximum absolute atomic E-state index is 13.1. The van der Waals surface area contributed by atoms with Gasteiger partial charge in [0.15, 0.2) is 11.6 Å². The minimum atomic E-state index is -2.32. The molecule has 0 spiro atoms. The van der Waals surface area contributed by atoms with Crippen LogP contribution in [0.1, 0.15) is 54.4 Å². The van der Waals surface area contributed by atoms with Gasteiger partial charge in [0.2, 0.25) is 0 Å². The van der Waals surface area contributed by atoms with Gasteiger partial charge >= 0.3 is 0 Å². The van der Waals surface area contributed by atoms with Crippen LogP contribution in [0.5, 0.6) is 0 Å². The van der Waals surface area contributed by atoms with E-state index in [-0.39, 0.29) is 23.5 Å². The number of hydrogen-bond acceptors (Lipinski definition) is 6. The number of benzene rings is 1. The van der Waals surface area contributed by atoms with Gasteiger partial charge in [-0.3, -0.25) is 9.59 Å². The molecule has 0 bridgehead atoms. The average molecular weight is 408 g/mol. The van der Waals surface area contributed by atoms with E-state index in [4.69, 9.17) is 0 Å². The first-order chi connectivity index (χ1) is 12.9. The molecule has 1 fully saturated rings. The van der Waals surface area contributed by atoms with Crippen LogP contribution in [0, 0.1) is 6.92 Å². The molecular formula is C20H25NO4S2. The highest BCUT2D eigenvalue weighted by Crippen LogP contribution is 2.37. The van der Waals surface area contributed by atoms with Gasteiger partial charge < -0.3 is 5.11 Å². The van der Waals surface area contributed by atoms with Crippen molar-refractivity contribution in [3.63, 3.8) is 0 Å². The number of carbonyl (C=O) groups excluding carboxylic acids is 2. The molecule has 1 heterocycles. The third-order valence-electron chi connectivity index (χ3n) is 5.15. The summed E-state index contributed by atoms with van der Waals surface area (Å²) in [6.07, 6.45) is 6.00. The number of rotatable bonds is 4. The Morgan fingerprint density at radius 1 is 1.15 bits per heavy atom. The normalized spacial score (nSPS) is 19.9. The van der Waals surface area contributed by atoms with Crippen LogP contribution in [0.25, 0.3) is 0 Å². The molecule has 146 valence electrons. The van der Waals surface area contributed by atoms with Gasteiger partial charge in [-0.05, 0) is 50.1 Å². The SMILES string of the molecule is CSc1ccc(C(=O)C2=C(O)CCCC2=O)c(C)c1N=S1(=O)CCCCC1. The van der Waals surface area contributed by atoms with Crippen molar-refractivity contribution in [2.45, 2.75) is 50.3 Å². The molecule has 1 aromatic carbocycles. The van der Waals surface area contributed by atoms with Crippen molar-refractivity contribution < 1.29 is 18.9 Å². The highest BCUT2D eigenvalue weighted by Gasteiger charge is 2.29. The van der Waals surface area contributed by atoms with E-state index in [1.165, 1.54) is 11.8 Å². The van der Waals surface area contributed by atoms with E-state index in [1.54, 1.807) is 19.1 Å². The summed E-state index contributed by atoms with van der Waals surface area (Å²) in [5, 5.41) is 10.1. The van der Waals surface area contributed by atoms with E-state index in [9.17, 15) is 18.9 Å². The Morgan fingerprint density at radius 3 is 2.48 bits per heavy atom. The lowest BCUT2D eigenvalue weighted by Crippen LogP contribution is -2.20. The largest absolute Gasteiger partial charge is 0.511 e. The number of allylic oxidation sites excluding steroid dienone is 2. The second-order valence-corrected chi connectivity index (χ2v) is 10.4. The van der Waals surface area contributed by atoms with Crippen LogP contribution in [-0.2, 0) is 14.5 Å². The van der Waals surface area contributed by atoms with Crippen LogP contribution >= 0.6 is 11.8 Å². The van der Waals surface area contributed by atoms with Crippen LogP contribution in [0.4, 0.5) is 5.69 Å². The van der Waals surface area contributed by atoms with E-state index < -0.39 is 15.5 Å². The summed E-state index contributed by atoms with van der Waals surface area (Å²) in [5.41, 5.74) is 1.46. The zero-order chi connectivity index (χ0) is 19.6. The number of Topliss-reactive ketones (excluding diaryl/α,β-unsaturated/α-hetero) is 2. The third kappa shape index (κ3) is 4.14. The van der Waals surface area contributed by atoms with Crippen molar-refractivity contribution in [2.75, 3.05) is 17.8 Å².